The van der Waals surface area contributed by atoms with Gasteiger partial charge in [-0.05, 0) is 91.1 Å². The molecule has 5 rings (SSSR count). The first-order valence-corrected chi connectivity index (χ1v) is 21.4. The number of aliphatic hydroxyl groups excluding tert-OH is 1. The molecule has 1 unspecified atom stereocenters. The van der Waals surface area contributed by atoms with Crippen molar-refractivity contribution in [2.75, 3.05) is 0 Å². The molecule has 4 fully saturated rings. The molecule has 16 atom stereocenters. The van der Waals surface area contributed by atoms with E-state index in [9.17, 15) is 14.7 Å². The summed E-state index contributed by atoms with van der Waals surface area (Å²) in [5.41, 5.74) is 2.40. The second kappa shape index (κ2) is 21.0. The summed E-state index contributed by atoms with van der Waals surface area (Å²) < 4.78 is 49.5. The number of esters is 2. The lowest BCUT2D eigenvalue weighted by molar-refractivity contribution is -0.306. The van der Waals surface area contributed by atoms with Gasteiger partial charge in [0.15, 0.2) is 18.9 Å². The number of allylic oxidation sites excluding steroid dienone is 4. The van der Waals surface area contributed by atoms with Gasteiger partial charge in [-0.1, -0.05) is 63.1 Å². The summed E-state index contributed by atoms with van der Waals surface area (Å²) in [7, 11) is 0. The molecule has 0 aromatic carbocycles. The fourth-order valence-electron chi connectivity index (χ4n) is 8.63. The van der Waals surface area contributed by atoms with Gasteiger partial charge in [0.05, 0.1) is 42.7 Å². The molecule has 0 aromatic heterocycles. The highest BCUT2D eigenvalue weighted by atomic mass is 16.7. The molecule has 4 saturated heterocycles. The first-order valence-electron chi connectivity index (χ1n) is 21.4. The van der Waals surface area contributed by atoms with Crippen LogP contribution in [0.15, 0.2) is 47.6 Å². The van der Waals surface area contributed by atoms with E-state index < -0.39 is 12.4 Å². The lowest BCUT2D eigenvalue weighted by Crippen LogP contribution is -2.48. The minimum atomic E-state index is -0.445. The fourth-order valence-corrected chi connectivity index (χ4v) is 8.63. The fraction of sp³-hybridized carbons (Fsp3) is 0.778. The number of aliphatic hydroxyl groups is 1. The molecular formula is C45H70O11. The van der Waals surface area contributed by atoms with Crippen molar-refractivity contribution >= 4 is 11.9 Å². The number of carbonyl (C=O) groups excluding carboxylic acids is 2. The van der Waals surface area contributed by atoms with Crippen molar-refractivity contribution in [3.05, 3.63) is 47.6 Å². The van der Waals surface area contributed by atoms with E-state index in [4.69, 9.17) is 37.9 Å². The Hall–Kier alpha value is -2.38. The molecule has 0 aliphatic carbocycles. The highest BCUT2D eigenvalue weighted by Crippen LogP contribution is 2.35. The average Bonchev–Trinajstić information content (AvgIpc) is 3.14. The largest absolute Gasteiger partial charge is 0.462 e. The highest BCUT2D eigenvalue weighted by Gasteiger charge is 2.40. The summed E-state index contributed by atoms with van der Waals surface area (Å²) in [6, 6.07) is 0. The molecule has 0 amide bonds. The minimum absolute atomic E-state index is 0.0351. The van der Waals surface area contributed by atoms with Crippen molar-refractivity contribution in [1.29, 1.82) is 0 Å². The van der Waals surface area contributed by atoms with Gasteiger partial charge in [0.2, 0.25) is 0 Å². The predicted octanol–water partition coefficient (Wildman–Crippen LogP) is 8.04. The van der Waals surface area contributed by atoms with Crippen LogP contribution in [-0.4, -0.2) is 90.9 Å². The van der Waals surface area contributed by atoms with E-state index in [1.807, 2.05) is 39.8 Å². The van der Waals surface area contributed by atoms with E-state index in [1.165, 1.54) is 11.6 Å². The van der Waals surface area contributed by atoms with E-state index in [-0.39, 0.29) is 97.0 Å². The second-order valence-electron chi connectivity index (χ2n) is 17.3. The Kier molecular flexibility index (Phi) is 16.8. The van der Waals surface area contributed by atoms with Crippen LogP contribution >= 0.6 is 0 Å². The van der Waals surface area contributed by atoms with Crippen LogP contribution in [0.2, 0.25) is 0 Å². The molecular weight excluding hydrogens is 716 g/mol. The smallest absolute Gasteiger partial charge is 0.331 e. The molecule has 0 bridgehead atoms. The Morgan fingerprint density at radius 2 is 1.46 bits per heavy atom. The first kappa shape index (κ1) is 44.7. The molecule has 0 spiro atoms. The van der Waals surface area contributed by atoms with Crippen LogP contribution in [0.4, 0.5) is 0 Å². The zero-order chi connectivity index (χ0) is 40.5. The Labute approximate surface area is 335 Å². The minimum Gasteiger partial charge on any atom is -0.462 e. The Morgan fingerprint density at radius 1 is 0.839 bits per heavy atom. The van der Waals surface area contributed by atoms with Gasteiger partial charge < -0.3 is 43.0 Å². The van der Waals surface area contributed by atoms with Crippen molar-refractivity contribution < 1.29 is 52.6 Å². The normalized spacial score (nSPS) is 39.2. The van der Waals surface area contributed by atoms with Gasteiger partial charge in [0, 0.05) is 43.6 Å². The molecule has 0 aromatic rings. The van der Waals surface area contributed by atoms with Crippen LogP contribution in [-0.2, 0) is 47.5 Å². The van der Waals surface area contributed by atoms with Crippen molar-refractivity contribution in [2.24, 2.45) is 23.7 Å². The third-order valence-corrected chi connectivity index (χ3v) is 12.2. The Morgan fingerprint density at radius 3 is 2.12 bits per heavy atom. The molecule has 5 aliphatic rings. The monoisotopic (exact) mass is 786 g/mol. The maximum Gasteiger partial charge on any atom is 0.331 e. The van der Waals surface area contributed by atoms with Gasteiger partial charge in [0.25, 0.3) is 0 Å². The second-order valence-corrected chi connectivity index (χ2v) is 17.3. The molecule has 11 heteroatoms. The summed E-state index contributed by atoms with van der Waals surface area (Å²) >= 11 is 0. The van der Waals surface area contributed by atoms with E-state index in [2.05, 4.69) is 52.8 Å². The quantitative estimate of drug-likeness (QED) is 0.0985. The van der Waals surface area contributed by atoms with Gasteiger partial charge in [-0.2, -0.15) is 0 Å². The molecule has 0 radical (unpaired) electrons. The van der Waals surface area contributed by atoms with E-state index in [0.717, 1.165) is 31.3 Å². The molecule has 5 heterocycles. The van der Waals surface area contributed by atoms with Crippen LogP contribution in [0.5, 0.6) is 0 Å². The maximum absolute atomic E-state index is 12.4. The SMILES string of the molecule is CC(=C\C[C@H](O[C@@H]1CC[C@@H](O[C@@H]2CC[C@@H](O[C@@H]3CC[C@@H](O)[C@H](C)O3)[C@H](C)O2)[C@H](C)O1)[C@@H](C)[C@H]1OC(=O)CC[C@H]1C)/C=C(\C)C[C@H](C)/C=C\C1OC(=O)C=C[C@@H]1C. The Bertz CT molecular complexity index is 1410. The third-order valence-electron chi connectivity index (χ3n) is 12.2. The van der Waals surface area contributed by atoms with Crippen LogP contribution in [0.25, 0.3) is 0 Å². The van der Waals surface area contributed by atoms with Crippen LogP contribution in [0.3, 0.4) is 0 Å². The number of hydrogen-bond acceptors (Lipinski definition) is 11. The molecule has 0 saturated carbocycles. The summed E-state index contributed by atoms with van der Waals surface area (Å²) in [5.74, 6) is 0.219. The number of carbonyl (C=O) groups is 2. The van der Waals surface area contributed by atoms with Crippen LogP contribution < -0.4 is 0 Å². The molecule has 1 N–H and O–H groups in total. The zero-order valence-corrected chi connectivity index (χ0v) is 35.3. The van der Waals surface area contributed by atoms with Crippen molar-refractivity contribution in [3.8, 4) is 0 Å². The van der Waals surface area contributed by atoms with E-state index in [0.29, 0.717) is 38.5 Å². The van der Waals surface area contributed by atoms with Crippen LogP contribution in [0.1, 0.15) is 127 Å². The summed E-state index contributed by atoms with van der Waals surface area (Å²) in [6.45, 7) is 18.7. The standard InChI is InChI=1S/C45H70O11/c1-26(10-15-36-29(4)12-19-40(47)52-36)24-28(3)25-27(2)11-16-37(31(6)45-30(5)13-20-41(48)56-45)53-43-22-17-39(33(8)50-43)55-44-23-18-38(34(9)51-44)54-42-21-14-35(46)32(7)49-42/h10-12,15,19,25-26,29-39,42-46H,13-14,16-18,20-24H2,1-9H3/b15-10-,27-11+,28-25+/t26-,29+,30-,31-,32+,33+,34+,35-,36?,37+,38-,39-,42-,43-,44-,45+/m1/s1. The van der Waals surface area contributed by atoms with Gasteiger partial charge in [-0.15, -0.1) is 0 Å². The highest BCUT2D eigenvalue weighted by molar-refractivity contribution is 5.83. The number of cyclic esters (lactones) is 2. The lowest BCUT2D eigenvalue weighted by Gasteiger charge is -2.42. The van der Waals surface area contributed by atoms with Crippen molar-refractivity contribution in [1.82, 2.24) is 0 Å². The third kappa shape index (κ3) is 13.1. The maximum atomic E-state index is 12.4. The number of ether oxygens (including phenoxy) is 8. The molecule has 11 nitrogen and oxygen atoms in total. The summed E-state index contributed by atoms with van der Waals surface area (Å²) in [5, 5.41) is 9.99. The van der Waals surface area contributed by atoms with E-state index >= 15 is 0 Å². The van der Waals surface area contributed by atoms with Crippen molar-refractivity contribution in [3.63, 3.8) is 0 Å². The molecule has 56 heavy (non-hydrogen) atoms. The van der Waals surface area contributed by atoms with Crippen molar-refractivity contribution in [2.45, 2.75) is 200 Å². The van der Waals surface area contributed by atoms with Gasteiger partial charge in [0.1, 0.15) is 12.2 Å². The topological polar surface area (TPSA) is 128 Å². The van der Waals surface area contributed by atoms with Crippen LogP contribution in [0, 0.1) is 23.7 Å². The average molecular weight is 787 g/mol. The Balaban J connectivity index is 1.14. The van der Waals surface area contributed by atoms with Gasteiger partial charge in [-0.3, -0.25) is 4.79 Å². The summed E-state index contributed by atoms with van der Waals surface area (Å²) in [4.78, 5) is 24.1. The summed E-state index contributed by atoms with van der Waals surface area (Å²) in [6.07, 6.45) is 16.1. The van der Waals surface area contributed by atoms with Gasteiger partial charge in [-0.25, -0.2) is 4.79 Å². The predicted molar refractivity (Wildman–Crippen MR) is 212 cm³/mol. The number of hydrogen-bond donors (Lipinski definition) is 1. The van der Waals surface area contributed by atoms with E-state index in [1.54, 1.807) is 0 Å². The van der Waals surface area contributed by atoms with Gasteiger partial charge >= 0.3 is 11.9 Å². The number of rotatable bonds is 15. The lowest BCUT2D eigenvalue weighted by atomic mass is 9.83. The molecule has 316 valence electrons. The zero-order valence-electron chi connectivity index (χ0n) is 35.3. The first-order chi connectivity index (χ1) is 26.6. The molecule has 5 aliphatic heterocycles.